The second kappa shape index (κ2) is 9.53. The summed E-state index contributed by atoms with van der Waals surface area (Å²) < 4.78 is 5.67. The number of thiazole rings is 1. The number of benzene rings is 1. The minimum Gasteiger partial charge on any atom is -0.491 e. The van der Waals surface area contributed by atoms with Gasteiger partial charge in [-0.05, 0) is 63.8 Å². The van der Waals surface area contributed by atoms with E-state index in [4.69, 9.17) is 10.5 Å². The van der Waals surface area contributed by atoms with Crippen molar-refractivity contribution in [3.05, 3.63) is 35.3 Å². The van der Waals surface area contributed by atoms with Gasteiger partial charge in [-0.15, -0.1) is 23.7 Å². The summed E-state index contributed by atoms with van der Waals surface area (Å²) in [4.78, 5) is 19.3. The number of nitrogens with zero attached hydrogens (tertiary/aromatic N) is 2. The van der Waals surface area contributed by atoms with Gasteiger partial charge in [0.15, 0.2) is 0 Å². The minimum atomic E-state index is 0. The summed E-state index contributed by atoms with van der Waals surface area (Å²) in [7, 11) is 0. The van der Waals surface area contributed by atoms with Crippen LogP contribution >= 0.6 is 23.7 Å². The molecule has 1 aliphatic heterocycles. The topological polar surface area (TPSA) is 68.5 Å². The maximum atomic E-state index is 12.8. The van der Waals surface area contributed by atoms with Crippen molar-refractivity contribution >= 4 is 29.7 Å². The molecule has 5 nitrogen and oxygen atoms in total. The standard InChI is InChI=1S/C20H27N3O2S.ClH/c1-13(2)25-17-8-6-15(7-9-17)19-22-18(12-26-19)20(24)23-10-4-5-16(11-23)14(3)21;/h6-9,12-14,16H,4-5,10-11,21H2,1-3H3;1H. The Morgan fingerprint density at radius 1 is 1.30 bits per heavy atom. The van der Waals surface area contributed by atoms with E-state index in [0.29, 0.717) is 11.6 Å². The van der Waals surface area contributed by atoms with Gasteiger partial charge in [0.05, 0.1) is 6.10 Å². The third kappa shape index (κ3) is 5.43. The number of aromatic nitrogens is 1. The van der Waals surface area contributed by atoms with Crippen LogP contribution in [-0.4, -0.2) is 41.0 Å². The molecule has 0 spiro atoms. The minimum absolute atomic E-state index is 0. The third-order valence-corrected chi connectivity index (χ3v) is 5.58. The number of ether oxygens (including phenoxy) is 1. The normalized spacial score (nSPS) is 18.1. The highest BCUT2D eigenvalue weighted by atomic mass is 35.5. The quantitative estimate of drug-likeness (QED) is 0.802. The Morgan fingerprint density at radius 3 is 2.63 bits per heavy atom. The van der Waals surface area contributed by atoms with Crippen LogP contribution in [-0.2, 0) is 0 Å². The van der Waals surface area contributed by atoms with Crippen LogP contribution in [0, 0.1) is 5.92 Å². The maximum Gasteiger partial charge on any atom is 0.273 e. The first kappa shape index (κ1) is 21.7. The van der Waals surface area contributed by atoms with Crippen molar-refractivity contribution in [3.8, 4) is 16.3 Å². The van der Waals surface area contributed by atoms with Gasteiger partial charge in [0.25, 0.3) is 5.91 Å². The predicted octanol–water partition coefficient (Wildman–Crippen LogP) is 4.22. The number of carbonyl (C=O) groups is 1. The zero-order valence-electron chi connectivity index (χ0n) is 16.1. The highest BCUT2D eigenvalue weighted by Gasteiger charge is 2.27. The summed E-state index contributed by atoms with van der Waals surface area (Å²) in [6, 6.07) is 7.96. The molecular formula is C20H28ClN3O2S. The van der Waals surface area contributed by atoms with Crippen LogP contribution in [0.25, 0.3) is 10.6 Å². The first-order chi connectivity index (χ1) is 12.4. The van der Waals surface area contributed by atoms with E-state index >= 15 is 0 Å². The van der Waals surface area contributed by atoms with E-state index in [1.807, 2.05) is 55.3 Å². The smallest absolute Gasteiger partial charge is 0.273 e. The van der Waals surface area contributed by atoms with Crippen molar-refractivity contribution in [2.75, 3.05) is 13.1 Å². The molecular weight excluding hydrogens is 382 g/mol. The molecule has 2 unspecified atom stereocenters. The molecule has 3 rings (SSSR count). The second-order valence-electron chi connectivity index (χ2n) is 7.24. The van der Waals surface area contributed by atoms with Crippen molar-refractivity contribution in [1.29, 1.82) is 0 Å². The lowest BCUT2D eigenvalue weighted by Gasteiger charge is -2.34. The lowest BCUT2D eigenvalue weighted by Crippen LogP contribution is -2.45. The Morgan fingerprint density at radius 2 is 2.00 bits per heavy atom. The maximum absolute atomic E-state index is 12.8. The first-order valence-corrected chi connectivity index (χ1v) is 10.1. The number of nitrogens with two attached hydrogens (primary N) is 1. The molecule has 2 aromatic rings. The Kier molecular flexibility index (Phi) is 7.65. The number of hydrogen-bond donors (Lipinski definition) is 1. The van der Waals surface area contributed by atoms with Gasteiger partial charge in [0.1, 0.15) is 16.5 Å². The fourth-order valence-electron chi connectivity index (χ4n) is 3.24. The summed E-state index contributed by atoms with van der Waals surface area (Å²) in [5.74, 6) is 1.23. The molecule has 0 bridgehead atoms. The number of amides is 1. The molecule has 0 saturated carbocycles. The van der Waals surface area contributed by atoms with E-state index in [2.05, 4.69) is 4.98 Å². The van der Waals surface area contributed by atoms with Crippen molar-refractivity contribution in [2.45, 2.75) is 45.8 Å². The molecule has 0 radical (unpaired) electrons. The fraction of sp³-hybridized carbons (Fsp3) is 0.500. The van der Waals surface area contributed by atoms with Gasteiger partial charge >= 0.3 is 0 Å². The zero-order chi connectivity index (χ0) is 18.7. The monoisotopic (exact) mass is 409 g/mol. The molecule has 2 N–H and O–H groups in total. The van der Waals surface area contributed by atoms with Crippen LogP contribution in [0.4, 0.5) is 0 Å². The predicted molar refractivity (Wildman–Crippen MR) is 113 cm³/mol. The number of halogens is 1. The molecule has 1 saturated heterocycles. The van der Waals surface area contributed by atoms with Gasteiger partial charge in [-0.2, -0.15) is 0 Å². The third-order valence-electron chi connectivity index (χ3n) is 4.68. The Bertz CT molecular complexity index is 746. The Balaban J connectivity index is 0.00000261. The van der Waals surface area contributed by atoms with Crippen LogP contribution in [0.15, 0.2) is 29.6 Å². The van der Waals surface area contributed by atoms with E-state index in [0.717, 1.165) is 42.3 Å². The number of likely N-dealkylation sites (tertiary alicyclic amines) is 1. The summed E-state index contributed by atoms with van der Waals surface area (Å²) in [6.07, 6.45) is 2.25. The van der Waals surface area contributed by atoms with Crippen LogP contribution in [0.2, 0.25) is 0 Å². The van der Waals surface area contributed by atoms with Crippen molar-refractivity contribution in [3.63, 3.8) is 0 Å². The van der Waals surface area contributed by atoms with E-state index in [-0.39, 0.29) is 30.5 Å². The lowest BCUT2D eigenvalue weighted by atomic mass is 9.92. The van der Waals surface area contributed by atoms with Crippen LogP contribution in [0.3, 0.4) is 0 Å². The van der Waals surface area contributed by atoms with E-state index in [9.17, 15) is 4.79 Å². The summed E-state index contributed by atoms with van der Waals surface area (Å²) in [5.41, 5.74) is 7.55. The van der Waals surface area contributed by atoms with Gasteiger partial charge in [0.2, 0.25) is 0 Å². The molecule has 27 heavy (non-hydrogen) atoms. The number of carbonyl (C=O) groups excluding carboxylic acids is 1. The molecule has 0 aliphatic carbocycles. The Labute approximate surface area is 171 Å². The lowest BCUT2D eigenvalue weighted by molar-refractivity contribution is 0.0656. The Hall–Kier alpha value is -1.63. The second-order valence-corrected chi connectivity index (χ2v) is 8.10. The van der Waals surface area contributed by atoms with E-state index in [1.54, 1.807) is 0 Å². The fourth-order valence-corrected chi connectivity index (χ4v) is 4.04. The first-order valence-electron chi connectivity index (χ1n) is 9.21. The summed E-state index contributed by atoms with van der Waals surface area (Å²) >= 11 is 1.50. The SMILES string of the molecule is CC(C)Oc1ccc(-c2nc(C(=O)N3CCCC(C(C)N)C3)cs2)cc1.Cl. The zero-order valence-corrected chi connectivity index (χ0v) is 17.7. The highest BCUT2D eigenvalue weighted by Crippen LogP contribution is 2.27. The van der Waals surface area contributed by atoms with Crippen LogP contribution in [0.1, 0.15) is 44.1 Å². The van der Waals surface area contributed by atoms with Gasteiger partial charge < -0.3 is 15.4 Å². The number of rotatable bonds is 5. The molecule has 1 fully saturated rings. The summed E-state index contributed by atoms with van der Waals surface area (Å²) in [5, 5.41) is 2.70. The van der Waals surface area contributed by atoms with Gasteiger partial charge in [-0.3, -0.25) is 4.79 Å². The van der Waals surface area contributed by atoms with Gasteiger partial charge in [-0.1, -0.05) is 0 Å². The molecule has 1 amide bonds. The van der Waals surface area contributed by atoms with E-state index < -0.39 is 0 Å². The van der Waals surface area contributed by atoms with Crippen molar-refractivity contribution < 1.29 is 9.53 Å². The van der Waals surface area contributed by atoms with Crippen LogP contribution < -0.4 is 10.5 Å². The average molecular weight is 410 g/mol. The molecule has 2 heterocycles. The number of hydrogen-bond acceptors (Lipinski definition) is 5. The van der Waals surface area contributed by atoms with Crippen molar-refractivity contribution in [1.82, 2.24) is 9.88 Å². The molecule has 148 valence electrons. The van der Waals surface area contributed by atoms with E-state index in [1.165, 1.54) is 11.3 Å². The highest BCUT2D eigenvalue weighted by molar-refractivity contribution is 7.13. The van der Waals surface area contributed by atoms with Crippen molar-refractivity contribution in [2.24, 2.45) is 11.7 Å². The number of piperidine rings is 1. The molecule has 1 aliphatic rings. The van der Waals surface area contributed by atoms with Crippen LogP contribution in [0.5, 0.6) is 5.75 Å². The largest absolute Gasteiger partial charge is 0.491 e. The van der Waals surface area contributed by atoms with Gasteiger partial charge in [-0.25, -0.2) is 4.98 Å². The molecule has 2 atom stereocenters. The van der Waals surface area contributed by atoms with Gasteiger partial charge in [0, 0.05) is 30.1 Å². The summed E-state index contributed by atoms with van der Waals surface area (Å²) in [6.45, 7) is 7.54. The molecule has 7 heteroatoms. The molecule has 1 aromatic carbocycles. The average Bonchev–Trinajstić information content (AvgIpc) is 3.11. The molecule has 1 aromatic heterocycles.